The van der Waals surface area contributed by atoms with E-state index in [0.29, 0.717) is 17.2 Å². The third kappa shape index (κ3) is 2.38. The summed E-state index contributed by atoms with van der Waals surface area (Å²) in [5.74, 6) is 1.71. The number of rotatable bonds is 3. The maximum atomic E-state index is 9.85. The first-order valence-electron chi connectivity index (χ1n) is 6.67. The van der Waals surface area contributed by atoms with Gasteiger partial charge in [0.25, 0.3) is 0 Å². The Labute approximate surface area is 123 Å². The molecule has 0 radical (unpaired) electrons. The van der Waals surface area contributed by atoms with E-state index in [-0.39, 0.29) is 0 Å². The number of fused-ring (bicyclic) bond motifs is 1. The van der Waals surface area contributed by atoms with Crippen LogP contribution in [0.4, 0.5) is 0 Å². The maximum absolute atomic E-state index is 9.85. The number of methoxy groups -OCH3 is 2. The molecule has 0 bridgehead atoms. The van der Waals surface area contributed by atoms with Gasteiger partial charge in [-0.25, -0.2) is 0 Å². The van der Waals surface area contributed by atoms with Crippen molar-refractivity contribution in [3.8, 4) is 28.4 Å². The highest BCUT2D eigenvalue weighted by Crippen LogP contribution is 2.34. The molecule has 0 heterocycles. The van der Waals surface area contributed by atoms with Crippen molar-refractivity contribution in [2.45, 2.75) is 0 Å². The molecule has 0 aliphatic heterocycles. The highest BCUT2D eigenvalue weighted by atomic mass is 16.5. The Morgan fingerprint density at radius 2 is 1.48 bits per heavy atom. The summed E-state index contributed by atoms with van der Waals surface area (Å²) in [7, 11) is 3.25. The van der Waals surface area contributed by atoms with Crippen molar-refractivity contribution in [3.63, 3.8) is 0 Å². The van der Waals surface area contributed by atoms with Gasteiger partial charge in [-0.05, 0) is 40.8 Å². The molecule has 21 heavy (non-hydrogen) atoms. The van der Waals surface area contributed by atoms with E-state index in [1.165, 1.54) is 0 Å². The van der Waals surface area contributed by atoms with E-state index >= 15 is 0 Å². The van der Waals surface area contributed by atoms with Crippen molar-refractivity contribution in [2.24, 2.45) is 0 Å². The number of phenolic OH excluding ortho intramolecular Hbond substituents is 1. The first-order valence-corrected chi connectivity index (χ1v) is 6.67. The molecule has 0 atom stereocenters. The third-order valence-electron chi connectivity index (χ3n) is 3.57. The Balaban J connectivity index is 2.12. The minimum absolute atomic E-state index is 0.298. The summed E-state index contributed by atoms with van der Waals surface area (Å²) in [5.41, 5.74) is 2.10. The van der Waals surface area contributed by atoms with Crippen LogP contribution in [0.15, 0.2) is 54.6 Å². The molecule has 0 aromatic heterocycles. The van der Waals surface area contributed by atoms with E-state index < -0.39 is 0 Å². The lowest BCUT2D eigenvalue weighted by Crippen LogP contribution is -1.90. The summed E-state index contributed by atoms with van der Waals surface area (Å²) in [6.45, 7) is 0. The lowest BCUT2D eigenvalue weighted by atomic mass is 10.0. The van der Waals surface area contributed by atoms with Gasteiger partial charge < -0.3 is 14.6 Å². The number of hydrogen-bond acceptors (Lipinski definition) is 3. The molecule has 0 aliphatic rings. The van der Waals surface area contributed by atoms with Crippen molar-refractivity contribution in [2.75, 3.05) is 14.2 Å². The largest absolute Gasteiger partial charge is 0.507 e. The predicted octanol–water partition coefficient (Wildman–Crippen LogP) is 4.23. The van der Waals surface area contributed by atoms with Gasteiger partial charge in [-0.2, -0.15) is 0 Å². The maximum Gasteiger partial charge on any atom is 0.161 e. The van der Waals surface area contributed by atoms with Crippen LogP contribution < -0.4 is 9.47 Å². The molecular weight excluding hydrogens is 264 g/mol. The summed E-state index contributed by atoms with van der Waals surface area (Å²) in [5, 5.41) is 11.7. The van der Waals surface area contributed by atoms with E-state index in [1.807, 2.05) is 42.5 Å². The van der Waals surface area contributed by atoms with E-state index in [0.717, 1.165) is 21.9 Å². The molecule has 3 aromatic carbocycles. The van der Waals surface area contributed by atoms with E-state index in [4.69, 9.17) is 9.47 Å². The monoisotopic (exact) mass is 280 g/mol. The van der Waals surface area contributed by atoms with Gasteiger partial charge in [-0.15, -0.1) is 0 Å². The summed E-state index contributed by atoms with van der Waals surface area (Å²) in [6.07, 6.45) is 0. The number of phenols is 1. The second-order valence-corrected chi connectivity index (χ2v) is 4.78. The van der Waals surface area contributed by atoms with Crippen molar-refractivity contribution in [1.29, 1.82) is 0 Å². The molecule has 0 amide bonds. The van der Waals surface area contributed by atoms with Crippen LogP contribution >= 0.6 is 0 Å². The second kappa shape index (κ2) is 5.37. The number of benzene rings is 3. The molecule has 0 fully saturated rings. The summed E-state index contributed by atoms with van der Waals surface area (Å²) in [6, 6.07) is 17.3. The first kappa shape index (κ1) is 13.3. The van der Waals surface area contributed by atoms with Gasteiger partial charge >= 0.3 is 0 Å². The fourth-order valence-electron chi connectivity index (χ4n) is 2.46. The molecule has 0 saturated heterocycles. The van der Waals surface area contributed by atoms with Crippen LogP contribution in [0.3, 0.4) is 0 Å². The lowest BCUT2D eigenvalue weighted by molar-refractivity contribution is 0.355. The molecule has 1 N–H and O–H groups in total. The number of aromatic hydroxyl groups is 1. The van der Waals surface area contributed by atoms with Crippen LogP contribution in [0, 0.1) is 0 Å². The number of ether oxygens (including phenoxy) is 2. The predicted molar refractivity (Wildman–Crippen MR) is 84.2 cm³/mol. The van der Waals surface area contributed by atoms with Gasteiger partial charge in [0.15, 0.2) is 11.5 Å². The zero-order valence-electron chi connectivity index (χ0n) is 12.0. The topological polar surface area (TPSA) is 38.7 Å². The highest BCUT2D eigenvalue weighted by Gasteiger charge is 2.07. The van der Waals surface area contributed by atoms with Crippen molar-refractivity contribution in [1.82, 2.24) is 0 Å². The Bertz CT molecular complexity index is 794. The van der Waals surface area contributed by atoms with Crippen LogP contribution in [0.1, 0.15) is 0 Å². The van der Waals surface area contributed by atoms with Gasteiger partial charge in [0, 0.05) is 5.39 Å². The highest BCUT2D eigenvalue weighted by molar-refractivity contribution is 5.91. The standard InChI is InChI=1S/C18H16O3/c1-20-17-9-7-13(11-18(17)21-2)12-6-8-15-14(10-12)4-3-5-16(15)19/h3-11,19H,1-2H3. The molecule has 3 aromatic rings. The van der Waals surface area contributed by atoms with Crippen LogP contribution in [0.5, 0.6) is 17.2 Å². The lowest BCUT2D eigenvalue weighted by Gasteiger charge is -2.10. The van der Waals surface area contributed by atoms with Crippen LogP contribution in [0.25, 0.3) is 21.9 Å². The summed E-state index contributed by atoms with van der Waals surface area (Å²) in [4.78, 5) is 0. The summed E-state index contributed by atoms with van der Waals surface area (Å²) >= 11 is 0. The first-order chi connectivity index (χ1) is 10.2. The molecule has 0 unspecified atom stereocenters. The van der Waals surface area contributed by atoms with E-state index in [1.54, 1.807) is 20.3 Å². The molecule has 3 rings (SSSR count). The van der Waals surface area contributed by atoms with Crippen molar-refractivity contribution >= 4 is 10.8 Å². The Kier molecular flexibility index (Phi) is 3.40. The molecule has 3 nitrogen and oxygen atoms in total. The Morgan fingerprint density at radius 3 is 2.24 bits per heavy atom. The Morgan fingerprint density at radius 1 is 0.762 bits per heavy atom. The quantitative estimate of drug-likeness (QED) is 0.780. The zero-order chi connectivity index (χ0) is 14.8. The second-order valence-electron chi connectivity index (χ2n) is 4.78. The summed E-state index contributed by atoms with van der Waals surface area (Å²) < 4.78 is 10.6. The van der Waals surface area contributed by atoms with Crippen LogP contribution in [-0.2, 0) is 0 Å². The van der Waals surface area contributed by atoms with Crippen LogP contribution in [0.2, 0.25) is 0 Å². The van der Waals surface area contributed by atoms with E-state index in [9.17, 15) is 5.11 Å². The molecule has 0 saturated carbocycles. The smallest absolute Gasteiger partial charge is 0.161 e. The minimum Gasteiger partial charge on any atom is -0.507 e. The minimum atomic E-state index is 0.298. The molecular formula is C18H16O3. The Hall–Kier alpha value is -2.68. The van der Waals surface area contributed by atoms with Gasteiger partial charge in [0.05, 0.1) is 14.2 Å². The molecule has 3 heteroatoms. The van der Waals surface area contributed by atoms with Gasteiger partial charge in [-0.3, -0.25) is 0 Å². The molecule has 0 spiro atoms. The average Bonchev–Trinajstić information content (AvgIpc) is 2.54. The molecule has 106 valence electrons. The van der Waals surface area contributed by atoms with Crippen LogP contribution in [-0.4, -0.2) is 19.3 Å². The van der Waals surface area contributed by atoms with Gasteiger partial charge in [-0.1, -0.05) is 30.3 Å². The number of hydrogen-bond donors (Lipinski definition) is 1. The average molecular weight is 280 g/mol. The molecule has 0 aliphatic carbocycles. The third-order valence-corrected chi connectivity index (χ3v) is 3.57. The van der Waals surface area contributed by atoms with E-state index in [2.05, 4.69) is 6.07 Å². The van der Waals surface area contributed by atoms with Gasteiger partial charge in [0.2, 0.25) is 0 Å². The fraction of sp³-hybridized carbons (Fsp3) is 0.111. The van der Waals surface area contributed by atoms with Crippen molar-refractivity contribution in [3.05, 3.63) is 54.6 Å². The zero-order valence-corrected chi connectivity index (χ0v) is 12.0. The SMILES string of the molecule is COc1ccc(-c2ccc3c(O)cccc3c2)cc1OC. The fourth-order valence-corrected chi connectivity index (χ4v) is 2.46. The van der Waals surface area contributed by atoms with Gasteiger partial charge in [0.1, 0.15) is 5.75 Å². The van der Waals surface area contributed by atoms with Crippen molar-refractivity contribution < 1.29 is 14.6 Å². The normalized spacial score (nSPS) is 10.6.